The molecule has 96 valence electrons. The Morgan fingerprint density at radius 1 is 1.22 bits per heavy atom. The topological polar surface area (TPSA) is 20.2 Å². The first-order chi connectivity index (χ1) is 8.63. The number of benzene rings is 1. The number of hydrogen-bond acceptors (Lipinski definition) is 2. The Morgan fingerprint density at radius 3 is 2.50 bits per heavy atom. The summed E-state index contributed by atoms with van der Waals surface area (Å²) in [5.74, 6) is -1.22. The molecular weight excluding hydrogens is 254 g/mol. The summed E-state index contributed by atoms with van der Waals surface area (Å²) in [7, 11) is 0. The zero-order chi connectivity index (χ0) is 13.1. The molecule has 2 aromatic rings. The summed E-state index contributed by atoms with van der Waals surface area (Å²) in [5, 5.41) is 12.0. The maximum Gasteiger partial charge on any atom is 0.129 e. The average molecular weight is 268 g/mol. The molecule has 0 saturated carbocycles. The van der Waals surface area contributed by atoms with E-state index in [0.29, 0.717) is 0 Å². The van der Waals surface area contributed by atoms with E-state index in [-0.39, 0.29) is 12.0 Å². The molecule has 1 heterocycles. The summed E-state index contributed by atoms with van der Waals surface area (Å²) in [6.07, 6.45) is -0.0897. The molecule has 0 aliphatic carbocycles. The monoisotopic (exact) mass is 268 g/mol. The maximum atomic E-state index is 13.5. The maximum absolute atomic E-state index is 13.5. The van der Waals surface area contributed by atoms with Crippen LogP contribution in [0.3, 0.4) is 0 Å². The third kappa shape index (κ3) is 2.60. The van der Waals surface area contributed by atoms with Gasteiger partial charge in [-0.3, -0.25) is 0 Å². The first-order valence-electron chi connectivity index (χ1n) is 5.80. The van der Waals surface area contributed by atoms with E-state index in [2.05, 4.69) is 0 Å². The zero-order valence-electron chi connectivity index (χ0n) is 9.99. The summed E-state index contributed by atoms with van der Waals surface area (Å²) in [4.78, 5) is 0.792. The highest BCUT2D eigenvalue weighted by Crippen LogP contribution is 2.29. The molecule has 1 aromatic carbocycles. The lowest BCUT2D eigenvalue weighted by Crippen LogP contribution is -2.06. The van der Waals surface area contributed by atoms with Gasteiger partial charge in [-0.25, -0.2) is 8.78 Å². The molecule has 1 nitrogen and oxygen atoms in total. The van der Waals surface area contributed by atoms with Gasteiger partial charge in [0.1, 0.15) is 11.6 Å². The van der Waals surface area contributed by atoms with Crippen molar-refractivity contribution in [2.45, 2.75) is 25.9 Å². The van der Waals surface area contributed by atoms with Crippen molar-refractivity contribution in [1.29, 1.82) is 0 Å². The summed E-state index contributed by atoms with van der Waals surface area (Å²) in [5.41, 5.74) is 0.977. The quantitative estimate of drug-likeness (QED) is 0.892. The Bertz CT molecular complexity index is 516. The van der Waals surface area contributed by atoms with Gasteiger partial charge in [0.05, 0.1) is 6.10 Å². The summed E-state index contributed by atoms with van der Waals surface area (Å²) in [6.45, 7) is 1.99. The Balaban J connectivity index is 2.24. The molecule has 18 heavy (non-hydrogen) atoms. The van der Waals surface area contributed by atoms with Gasteiger partial charge in [0.2, 0.25) is 0 Å². The Hall–Kier alpha value is -1.26. The fourth-order valence-electron chi connectivity index (χ4n) is 1.95. The lowest BCUT2D eigenvalue weighted by atomic mass is 10.0. The molecule has 0 aliphatic heterocycles. The average Bonchev–Trinajstić information content (AvgIpc) is 2.82. The van der Waals surface area contributed by atoms with Crippen molar-refractivity contribution in [1.82, 2.24) is 0 Å². The lowest BCUT2D eigenvalue weighted by Gasteiger charge is -2.12. The SMILES string of the molecule is CCc1ccsc1C(O)Cc1c(F)cccc1F. The molecular formula is C14H14F2OS. The number of aliphatic hydroxyl groups excluding tert-OH is 1. The van der Waals surface area contributed by atoms with Crippen LogP contribution in [0, 0.1) is 11.6 Å². The molecule has 1 unspecified atom stereocenters. The van der Waals surface area contributed by atoms with E-state index in [0.717, 1.165) is 16.9 Å². The van der Waals surface area contributed by atoms with E-state index in [1.54, 1.807) is 0 Å². The molecule has 2 rings (SSSR count). The van der Waals surface area contributed by atoms with Crippen LogP contribution in [0.2, 0.25) is 0 Å². The molecule has 0 fully saturated rings. The number of aliphatic hydroxyl groups is 1. The van der Waals surface area contributed by atoms with Crippen molar-refractivity contribution in [3.63, 3.8) is 0 Å². The van der Waals surface area contributed by atoms with Gasteiger partial charge in [-0.05, 0) is 35.6 Å². The lowest BCUT2D eigenvalue weighted by molar-refractivity contribution is 0.178. The van der Waals surface area contributed by atoms with E-state index in [1.165, 1.54) is 29.5 Å². The van der Waals surface area contributed by atoms with Crippen molar-refractivity contribution in [3.05, 3.63) is 57.3 Å². The third-order valence-electron chi connectivity index (χ3n) is 2.92. The van der Waals surface area contributed by atoms with E-state index in [4.69, 9.17) is 0 Å². The summed E-state index contributed by atoms with van der Waals surface area (Å²) in [6, 6.07) is 5.67. The minimum absolute atomic E-state index is 0.0357. The van der Waals surface area contributed by atoms with Crippen LogP contribution in [0.1, 0.15) is 29.0 Å². The largest absolute Gasteiger partial charge is 0.387 e. The van der Waals surface area contributed by atoms with Gasteiger partial charge < -0.3 is 5.11 Å². The predicted octanol–water partition coefficient (Wildman–Crippen LogP) is 3.86. The van der Waals surface area contributed by atoms with E-state index >= 15 is 0 Å². The van der Waals surface area contributed by atoms with Crippen molar-refractivity contribution in [2.75, 3.05) is 0 Å². The minimum atomic E-state index is -0.855. The second-order valence-corrected chi connectivity index (χ2v) is 5.03. The smallest absolute Gasteiger partial charge is 0.129 e. The normalized spacial score (nSPS) is 12.7. The van der Waals surface area contributed by atoms with Gasteiger partial charge in [-0.15, -0.1) is 11.3 Å². The van der Waals surface area contributed by atoms with Gasteiger partial charge in [-0.2, -0.15) is 0 Å². The Kier molecular flexibility index (Phi) is 4.09. The highest BCUT2D eigenvalue weighted by atomic mass is 32.1. The number of halogens is 2. The highest BCUT2D eigenvalue weighted by molar-refractivity contribution is 7.10. The van der Waals surface area contributed by atoms with Crippen molar-refractivity contribution in [2.24, 2.45) is 0 Å². The molecule has 1 aromatic heterocycles. The fraction of sp³-hybridized carbons (Fsp3) is 0.286. The number of thiophene rings is 1. The first-order valence-corrected chi connectivity index (χ1v) is 6.68. The van der Waals surface area contributed by atoms with Gasteiger partial charge in [0.25, 0.3) is 0 Å². The molecule has 0 radical (unpaired) electrons. The van der Waals surface area contributed by atoms with Gasteiger partial charge >= 0.3 is 0 Å². The van der Waals surface area contributed by atoms with Crippen LogP contribution in [0.15, 0.2) is 29.6 Å². The van der Waals surface area contributed by atoms with Crippen LogP contribution in [0.25, 0.3) is 0 Å². The van der Waals surface area contributed by atoms with E-state index in [9.17, 15) is 13.9 Å². The van der Waals surface area contributed by atoms with E-state index in [1.807, 2.05) is 18.4 Å². The second kappa shape index (κ2) is 5.59. The summed E-state index contributed by atoms with van der Waals surface area (Å²) < 4.78 is 27.0. The van der Waals surface area contributed by atoms with Gasteiger partial charge in [0.15, 0.2) is 0 Å². The fourth-order valence-corrected chi connectivity index (χ4v) is 2.93. The number of aryl methyl sites for hydroxylation is 1. The molecule has 0 bridgehead atoms. The first kappa shape index (κ1) is 13.2. The van der Waals surface area contributed by atoms with Crippen molar-refractivity contribution >= 4 is 11.3 Å². The predicted molar refractivity (Wildman–Crippen MR) is 68.7 cm³/mol. The molecule has 1 N–H and O–H groups in total. The second-order valence-electron chi connectivity index (χ2n) is 4.08. The van der Waals surface area contributed by atoms with Crippen molar-refractivity contribution in [3.8, 4) is 0 Å². The van der Waals surface area contributed by atoms with Crippen LogP contribution >= 0.6 is 11.3 Å². The molecule has 1 atom stereocenters. The minimum Gasteiger partial charge on any atom is -0.387 e. The standard InChI is InChI=1S/C14H14F2OS/c1-2-9-6-7-18-14(9)13(17)8-10-11(15)4-3-5-12(10)16/h3-7,13,17H,2,8H2,1H3. The molecule has 4 heteroatoms. The number of rotatable bonds is 4. The van der Waals surface area contributed by atoms with Crippen LogP contribution in [-0.2, 0) is 12.8 Å². The van der Waals surface area contributed by atoms with Gasteiger partial charge in [0, 0.05) is 16.9 Å². The van der Waals surface area contributed by atoms with Crippen LogP contribution in [0.4, 0.5) is 8.78 Å². The zero-order valence-corrected chi connectivity index (χ0v) is 10.8. The van der Waals surface area contributed by atoms with Crippen LogP contribution in [-0.4, -0.2) is 5.11 Å². The molecule has 0 aliphatic rings. The highest BCUT2D eigenvalue weighted by Gasteiger charge is 2.18. The molecule has 0 amide bonds. The Labute approximate surface area is 109 Å². The number of hydrogen-bond donors (Lipinski definition) is 1. The van der Waals surface area contributed by atoms with Gasteiger partial charge in [-0.1, -0.05) is 13.0 Å². The Morgan fingerprint density at radius 2 is 1.89 bits per heavy atom. The third-order valence-corrected chi connectivity index (χ3v) is 3.98. The molecule has 0 saturated heterocycles. The van der Waals surface area contributed by atoms with Crippen LogP contribution < -0.4 is 0 Å². The van der Waals surface area contributed by atoms with E-state index < -0.39 is 17.7 Å². The van der Waals surface area contributed by atoms with Crippen LogP contribution in [0.5, 0.6) is 0 Å². The molecule has 0 spiro atoms. The summed E-state index contributed by atoms with van der Waals surface area (Å²) >= 11 is 1.42. The van der Waals surface area contributed by atoms with Crippen molar-refractivity contribution < 1.29 is 13.9 Å².